The summed E-state index contributed by atoms with van der Waals surface area (Å²) < 4.78 is 39.2. The molecule has 0 saturated heterocycles. The first-order valence-electron chi connectivity index (χ1n) is 6.77. The highest BCUT2D eigenvalue weighted by Gasteiger charge is 2.41. The molecule has 0 N–H and O–H groups in total. The summed E-state index contributed by atoms with van der Waals surface area (Å²) in [6.07, 6.45) is -4.87. The first-order valence-corrected chi connectivity index (χ1v) is 7.15. The highest BCUT2D eigenvalue weighted by molar-refractivity contribution is 6.30. The van der Waals surface area contributed by atoms with Crippen LogP contribution in [0.4, 0.5) is 13.2 Å². The minimum absolute atomic E-state index is 0.00699. The van der Waals surface area contributed by atoms with E-state index < -0.39 is 35.1 Å². The van der Waals surface area contributed by atoms with Gasteiger partial charge in [0.1, 0.15) is 0 Å². The second-order valence-corrected chi connectivity index (χ2v) is 5.45. The van der Waals surface area contributed by atoms with Gasteiger partial charge >= 0.3 is 12.1 Å². The Bertz CT molecular complexity index is 875. The van der Waals surface area contributed by atoms with E-state index in [0.717, 1.165) is 12.1 Å². The minimum Gasteiger partial charge on any atom is -0.324 e. The number of hydrogen-bond donors (Lipinski definition) is 0. The van der Waals surface area contributed by atoms with Gasteiger partial charge in [0.05, 0.1) is 22.3 Å². The Labute approximate surface area is 143 Å². The van der Waals surface area contributed by atoms with Crippen molar-refractivity contribution in [3.05, 3.63) is 69.7 Å². The lowest BCUT2D eigenvalue weighted by atomic mass is 10.1. The van der Waals surface area contributed by atoms with Gasteiger partial charge in [-0.1, -0.05) is 28.8 Å². The molecular weight excluding hydrogens is 363 g/mol. The lowest BCUT2D eigenvalue weighted by Crippen LogP contribution is -2.33. The number of rotatable bonds is 2. The molecule has 128 valence electrons. The number of hydrogen-bond acceptors (Lipinski definition) is 4. The first-order chi connectivity index (χ1) is 11.7. The number of alkyl halides is 3. The zero-order valence-corrected chi connectivity index (χ0v) is 12.9. The largest absolute Gasteiger partial charge is 0.417 e. The quantitative estimate of drug-likeness (QED) is 0.757. The first kappa shape index (κ1) is 17.0. The van der Waals surface area contributed by atoms with Crippen LogP contribution in [0.15, 0.2) is 42.5 Å². The van der Waals surface area contributed by atoms with Crippen molar-refractivity contribution in [3.63, 3.8) is 0 Å². The van der Waals surface area contributed by atoms with Gasteiger partial charge in [-0.2, -0.15) is 13.2 Å². The molecule has 3 rings (SSSR count). The Hall–Kier alpha value is -2.87. The van der Waals surface area contributed by atoms with Gasteiger partial charge < -0.3 is 4.84 Å². The van der Waals surface area contributed by atoms with Gasteiger partial charge in [-0.05, 0) is 30.3 Å². The number of imide groups is 1. The molecule has 1 aliphatic rings. The second-order valence-electron chi connectivity index (χ2n) is 5.02. The van der Waals surface area contributed by atoms with Crippen LogP contribution in [0.3, 0.4) is 0 Å². The monoisotopic (exact) mass is 369 g/mol. The van der Waals surface area contributed by atoms with E-state index in [1.807, 2.05) is 0 Å². The van der Waals surface area contributed by atoms with E-state index in [-0.39, 0.29) is 21.2 Å². The topological polar surface area (TPSA) is 63.7 Å². The van der Waals surface area contributed by atoms with Gasteiger partial charge in [-0.25, -0.2) is 4.79 Å². The number of halogens is 4. The molecule has 0 fully saturated rings. The fourth-order valence-corrected chi connectivity index (χ4v) is 2.48. The number of fused-ring (bicyclic) bond motifs is 1. The van der Waals surface area contributed by atoms with Gasteiger partial charge in [0.15, 0.2) is 0 Å². The summed E-state index contributed by atoms with van der Waals surface area (Å²) in [4.78, 5) is 40.9. The Kier molecular flexibility index (Phi) is 4.00. The van der Waals surface area contributed by atoms with Crippen molar-refractivity contribution in [2.75, 3.05) is 0 Å². The molecule has 0 spiro atoms. The third kappa shape index (κ3) is 2.96. The molecule has 0 bridgehead atoms. The number of carbonyl (C=O) groups is 3. The highest BCUT2D eigenvalue weighted by Crippen LogP contribution is 2.34. The third-order valence-corrected chi connectivity index (χ3v) is 3.67. The average Bonchev–Trinajstić information content (AvgIpc) is 2.79. The normalized spacial score (nSPS) is 13.8. The fourth-order valence-electron chi connectivity index (χ4n) is 2.31. The lowest BCUT2D eigenvalue weighted by molar-refractivity contribution is -0.138. The van der Waals surface area contributed by atoms with Gasteiger partial charge in [0.2, 0.25) is 0 Å². The third-order valence-electron chi connectivity index (χ3n) is 3.44. The van der Waals surface area contributed by atoms with Crippen molar-refractivity contribution in [3.8, 4) is 0 Å². The molecule has 0 atom stereocenters. The maximum absolute atomic E-state index is 13.1. The van der Waals surface area contributed by atoms with E-state index in [2.05, 4.69) is 4.84 Å². The molecule has 2 amide bonds. The maximum atomic E-state index is 13.1. The van der Waals surface area contributed by atoms with Crippen molar-refractivity contribution >= 4 is 29.4 Å². The molecule has 9 heteroatoms. The Balaban J connectivity index is 1.92. The van der Waals surface area contributed by atoms with Crippen LogP contribution >= 0.6 is 11.6 Å². The molecule has 2 aromatic carbocycles. The maximum Gasteiger partial charge on any atom is 0.417 e. The summed E-state index contributed by atoms with van der Waals surface area (Å²) >= 11 is 5.53. The SMILES string of the molecule is O=C(ON1C(=O)c2ccccc2C1=O)c1ccc(Cl)cc1C(F)(F)F. The summed E-state index contributed by atoms with van der Waals surface area (Å²) in [6, 6.07) is 8.11. The zero-order valence-electron chi connectivity index (χ0n) is 12.1. The average molecular weight is 370 g/mol. The fraction of sp³-hybridized carbons (Fsp3) is 0.0625. The van der Waals surface area contributed by atoms with E-state index in [0.29, 0.717) is 6.07 Å². The van der Waals surface area contributed by atoms with E-state index in [1.165, 1.54) is 24.3 Å². The van der Waals surface area contributed by atoms with Crippen LogP contribution in [0.1, 0.15) is 36.6 Å². The number of carbonyl (C=O) groups excluding carboxylic acids is 3. The van der Waals surface area contributed by atoms with Crippen LogP contribution in [0.2, 0.25) is 5.02 Å². The van der Waals surface area contributed by atoms with Gasteiger partial charge in [0.25, 0.3) is 11.8 Å². The van der Waals surface area contributed by atoms with E-state index in [1.54, 1.807) is 0 Å². The van der Waals surface area contributed by atoms with Crippen LogP contribution in [0.25, 0.3) is 0 Å². The lowest BCUT2D eigenvalue weighted by Gasteiger charge is -2.16. The zero-order chi connectivity index (χ0) is 18.4. The number of hydroxylamine groups is 2. The van der Waals surface area contributed by atoms with Crippen LogP contribution in [-0.2, 0) is 11.0 Å². The molecule has 0 unspecified atom stereocenters. The van der Waals surface area contributed by atoms with E-state index in [9.17, 15) is 27.6 Å². The van der Waals surface area contributed by atoms with Gasteiger partial charge in [-0.3, -0.25) is 9.59 Å². The molecule has 1 heterocycles. The number of amides is 2. The predicted octanol–water partition coefficient (Wildman–Crippen LogP) is 3.73. The number of nitrogens with zero attached hydrogens (tertiary/aromatic N) is 1. The summed E-state index contributed by atoms with van der Waals surface area (Å²) in [5.74, 6) is -3.37. The molecule has 2 aromatic rings. The van der Waals surface area contributed by atoms with Gasteiger partial charge in [-0.15, -0.1) is 0 Å². The standard InChI is InChI=1S/C16H7ClF3NO4/c17-8-5-6-11(12(7-8)16(18,19)20)15(24)25-21-13(22)9-3-1-2-4-10(9)14(21)23/h1-7H. The van der Waals surface area contributed by atoms with Crippen molar-refractivity contribution in [1.29, 1.82) is 0 Å². The van der Waals surface area contributed by atoms with Crippen molar-refractivity contribution < 1.29 is 32.4 Å². The van der Waals surface area contributed by atoms with E-state index >= 15 is 0 Å². The van der Waals surface area contributed by atoms with Crippen LogP contribution in [0.5, 0.6) is 0 Å². The summed E-state index contributed by atoms with van der Waals surface area (Å²) in [5, 5.41) is -0.0912. The smallest absolute Gasteiger partial charge is 0.324 e. The predicted molar refractivity (Wildman–Crippen MR) is 78.8 cm³/mol. The Morgan fingerprint density at radius 1 is 1.00 bits per heavy atom. The highest BCUT2D eigenvalue weighted by atomic mass is 35.5. The van der Waals surface area contributed by atoms with Gasteiger partial charge in [0, 0.05) is 5.02 Å². The molecule has 0 aliphatic carbocycles. The minimum atomic E-state index is -4.87. The van der Waals surface area contributed by atoms with Crippen molar-refractivity contribution in [2.24, 2.45) is 0 Å². The summed E-state index contributed by atoms with van der Waals surface area (Å²) in [5.41, 5.74) is -2.21. The number of benzene rings is 2. The Morgan fingerprint density at radius 2 is 1.56 bits per heavy atom. The van der Waals surface area contributed by atoms with E-state index in [4.69, 9.17) is 11.6 Å². The molecule has 0 aromatic heterocycles. The summed E-state index contributed by atoms with van der Waals surface area (Å²) in [6.45, 7) is 0. The second kappa shape index (κ2) is 5.89. The van der Waals surface area contributed by atoms with Crippen LogP contribution < -0.4 is 0 Å². The van der Waals surface area contributed by atoms with Crippen LogP contribution in [-0.4, -0.2) is 22.8 Å². The Morgan fingerprint density at radius 3 is 2.08 bits per heavy atom. The molecule has 0 saturated carbocycles. The molecule has 5 nitrogen and oxygen atoms in total. The molecular formula is C16H7ClF3NO4. The van der Waals surface area contributed by atoms with Crippen LogP contribution in [0, 0.1) is 0 Å². The molecule has 25 heavy (non-hydrogen) atoms. The van der Waals surface area contributed by atoms with Crippen molar-refractivity contribution in [2.45, 2.75) is 6.18 Å². The van der Waals surface area contributed by atoms with Crippen molar-refractivity contribution in [1.82, 2.24) is 5.06 Å². The molecule has 1 aliphatic heterocycles. The summed E-state index contributed by atoms with van der Waals surface area (Å²) in [7, 11) is 0. The molecule has 0 radical (unpaired) electrons.